The number of nitro groups is 1. The van der Waals surface area contributed by atoms with Crippen LogP contribution in [0.4, 0.5) is 5.69 Å². The molecule has 2 aliphatic heterocycles. The van der Waals surface area contributed by atoms with E-state index in [0.717, 1.165) is 38.8 Å². The molecule has 0 aliphatic carbocycles. The molecule has 132 valence electrons. The van der Waals surface area contributed by atoms with Crippen molar-refractivity contribution in [1.82, 2.24) is 4.90 Å². The van der Waals surface area contributed by atoms with Crippen molar-refractivity contribution in [3.8, 4) is 5.75 Å². The highest BCUT2D eigenvalue weighted by Gasteiger charge is 2.33. The molecule has 2 aliphatic rings. The Hall–Kier alpha value is -1.75. The van der Waals surface area contributed by atoms with Crippen molar-refractivity contribution in [3.05, 3.63) is 28.3 Å². The van der Waals surface area contributed by atoms with Gasteiger partial charge in [-0.3, -0.25) is 15.0 Å². The first-order chi connectivity index (χ1) is 11.3. The Kier molecular flexibility index (Phi) is 4.72. The highest BCUT2D eigenvalue weighted by molar-refractivity contribution is 7.89. The molecule has 1 atom stereocenters. The van der Waals surface area contributed by atoms with Gasteiger partial charge in [-0.1, -0.05) is 0 Å². The molecule has 3 rings (SSSR count). The molecule has 0 bridgehead atoms. The van der Waals surface area contributed by atoms with Crippen molar-refractivity contribution >= 4 is 15.7 Å². The van der Waals surface area contributed by atoms with Crippen LogP contribution < -0.4 is 9.88 Å². The number of hydrogen-bond donors (Lipinski definition) is 1. The summed E-state index contributed by atoms with van der Waals surface area (Å²) in [6.45, 7) is 3.70. The van der Waals surface area contributed by atoms with E-state index < -0.39 is 20.6 Å². The summed E-state index contributed by atoms with van der Waals surface area (Å²) < 4.78 is 33.4. The molecule has 2 fully saturated rings. The number of hydrogen-bond acceptors (Lipinski definition) is 7. The first-order valence-electron chi connectivity index (χ1n) is 7.60. The number of benzene rings is 1. The molecule has 2 saturated heterocycles. The SMILES string of the molecule is NS(=O)(=O)c1ccc(OCC2CCN(C3COC3)C2)c([N+](=O)[O-])c1. The van der Waals surface area contributed by atoms with Crippen LogP contribution in [0.1, 0.15) is 6.42 Å². The van der Waals surface area contributed by atoms with Gasteiger partial charge in [-0.15, -0.1) is 0 Å². The second-order valence-electron chi connectivity index (χ2n) is 6.08. The molecule has 0 radical (unpaired) electrons. The zero-order valence-corrected chi connectivity index (χ0v) is 13.8. The lowest BCUT2D eigenvalue weighted by molar-refractivity contribution is -0.386. The summed E-state index contributed by atoms with van der Waals surface area (Å²) in [6.07, 6.45) is 0.958. The summed E-state index contributed by atoms with van der Waals surface area (Å²) in [7, 11) is -4.00. The normalized spacial score (nSPS) is 22.3. The van der Waals surface area contributed by atoms with E-state index in [0.29, 0.717) is 12.6 Å². The fraction of sp³-hybridized carbons (Fsp3) is 0.571. The summed E-state index contributed by atoms with van der Waals surface area (Å²) in [5.41, 5.74) is -0.399. The Labute approximate surface area is 139 Å². The predicted octanol–water partition coefficient (Wildman–Crippen LogP) is 0.342. The smallest absolute Gasteiger partial charge is 0.312 e. The summed E-state index contributed by atoms with van der Waals surface area (Å²) in [6, 6.07) is 3.89. The van der Waals surface area contributed by atoms with Crippen LogP contribution in [0.25, 0.3) is 0 Å². The first-order valence-corrected chi connectivity index (χ1v) is 9.15. The Morgan fingerprint density at radius 3 is 2.75 bits per heavy atom. The second kappa shape index (κ2) is 6.63. The van der Waals surface area contributed by atoms with E-state index in [9.17, 15) is 18.5 Å². The second-order valence-corrected chi connectivity index (χ2v) is 7.64. The van der Waals surface area contributed by atoms with Gasteiger partial charge in [-0.05, 0) is 25.1 Å². The Morgan fingerprint density at radius 2 is 2.17 bits per heavy atom. The largest absolute Gasteiger partial charge is 0.486 e. The van der Waals surface area contributed by atoms with Gasteiger partial charge in [0.15, 0.2) is 5.75 Å². The van der Waals surface area contributed by atoms with Crippen LogP contribution in [0.15, 0.2) is 23.1 Å². The van der Waals surface area contributed by atoms with E-state index in [4.69, 9.17) is 14.6 Å². The standard InChI is InChI=1S/C14H19N3O6S/c15-24(20,21)12-1-2-14(13(5-12)17(18)19)23-7-10-3-4-16(6-10)11-8-22-9-11/h1-2,5,10-11H,3-4,6-9H2,(H2,15,20,21). The van der Waals surface area contributed by atoms with E-state index in [-0.39, 0.29) is 16.6 Å². The lowest BCUT2D eigenvalue weighted by Crippen LogP contribution is -2.48. The van der Waals surface area contributed by atoms with E-state index in [1.54, 1.807) is 0 Å². The number of likely N-dealkylation sites (tertiary alicyclic amines) is 1. The lowest BCUT2D eigenvalue weighted by Gasteiger charge is -2.34. The summed E-state index contributed by atoms with van der Waals surface area (Å²) >= 11 is 0. The van der Waals surface area contributed by atoms with Crippen LogP contribution in [-0.4, -0.2) is 57.2 Å². The maximum atomic E-state index is 11.3. The molecule has 10 heteroatoms. The fourth-order valence-electron chi connectivity index (χ4n) is 2.91. The van der Waals surface area contributed by atoms with Crippen LogP contribution in [0.2, 0.25) is 0 Å². The Morgan fingerprint density at radius 1 is 1.42 bits per heavy atom. The molecule has 1 aromatic carbocycles. The third kappa shape index (κ3) is 3.66. The minimum atomic E-state index is -4.00. The third-order valence-corrected chi connectivity index (χ3v) is 5.30. The van der Waals surface area contributed by atoms with Crippen LogP contribution in [0.3, 0.4) is 0 Å². The molecule has 1 unspecified atom stereocenters. The number of nitrogens with zero attached hydrogens (tertiary/aromatic N) is 2. The molecule has 1 aromatic rings. The number of sulfonamides is 1. The molecule has 2 N–H and O–H groups in total. The molecule has 0 aromatic heterocycles. The molecular weight excluding hydrogens is 338 g/mol. The van der Waals surface area contributed by atoms with Gasteiger partial charge in [-0.2, -0.15) is 0 Å². The first kappa shape index (κ1) is 17.1. The molecule has 9 nitrogen and oxygen atoms in total. The van der Waals surface area contributed by atoms with Gasteiger partial charge in [0, 0.05) is 18.5 Å². The number of nitrogens with two attached hydrogens (primary N) is 1. The van der Waals surface area contributed by atoms with Gasteiger partial charge < -0.3 is 9.47 Å². The van der Waals surface area contributed by atoms with Gasteiger partial charge in [-0.25, -0.2) is 13.6 Å². The van der Waals surface area contributed by atoms with E-state index >= 15 is 0 Å². The maximum absolute atomic E-state index is 11.3. The monoisotopic (exact) mass is 357 g/mol. The van der Waals surface area contributed by atoms with Crippen molar-refractivity contribution in [2.45, 2.75) is 17.4 Å². The van der Waals surface area contributed by atoms with Gasteiger partial charge in [0.2, 0.25) is 10.0 Å². The molecule has 0 amide bonds. The summed E-state index contributed by atoms with van der Waals surface area (Å²) in [5.74, 6) is 0.334. The van der Waals surface area contributed by atoms with Crippen molar-refractivity contribution in [3.63, 3.8) is 0 Å². The Balaban J connectivity index is 1.65. The van der Waals surface area contributed by atoms with Crippen LogP contribution in [0, 0.1) is 16.0 Å². The predicted molar refractivity (Wildman–Crippen MR) is 84.3 cm³/mol. The van der Waals surface area contributed by atoms with E-state index in [1.165, 1.54) is 12.1 Å². The van der Waals surface area contributed by atoms with Gasteiger partial charge in [0.05, 0.1) is 35.7 Å². The van der Waals surface area contributed by atoms with Crippen molar-refractivity contribution in [2.75, 3.05) is 32.9 Å². The van der Waals surface area contributed by atoms with Crippen molar-refractivity contribution in [2.24, 2.45) is 11.1 Å². The van der Waals surface area contributed by atoms with Crippen LogP contribution in [-0.2, 0) is 14.8 Å². The Bertz CT molecular complexity index is 734. The molecule has 2 heterocycles. The molecular formula is C14H19N3O6S. The van der Waals surface area contributed by atoms with Crippen molar-refractivity contribution in [1.29, 1.82) is 0 Å². The highest BCUT2D eigenvalue weighted by Crippen LogP contribution is 2.31. The molecule has 24 heavy (non-hydrogen) atoms. The summed E-state index contributed by atoms with van der Waals surface area (Å²) in [5, 5.41) is 16.2. The van der Waals surface area contributed by atoms with Crippen LogP contribution in [0.5, 0.6) is 5.75 Å². The molecule has 0 saturated carbocycles. The van der Waals surface area contributed by atoms with Crippen molar-refractivity contribution < 1.29 is 22.8 Å². The molecule has 0 spiro atoms. The summed E-state index contributed by atoms with van der Waals surface area (Å²) in [4.78, 5) is 12.5. The number of ether oxygens (including phenoxy) is 2. The van der Waals surface area contributed by atoms with Gasteiger partial charge >= 0.3 is 5.69 Å². The third-order valence-electron chi connectivity index (χ3n) is 4.38. The average molecular weight is 357 g/mol. The topological polar surface area (TPSA) is 125 Å². The number of rotatable bonds is 6. The fourth-order valence-corrected chi connectivity index (χ4v) is 3.44. The van der Waals surface area contributed by atoms with E-state index in [1.807, 2.05) is 0 Å². The lowest BCUT2D eigenvalue weighted by atomic mass is 10.1. The zero-order chi connectivity index (χ0) is 17.3. The minimum absolute atomic E-state index is 0.0535. The van der Waals surface area contributed by atoms with Gasteiger partial charge in [0.1, 0.15) is 0 Å². The average Bonchev–Trinajstić information content (AvgIpc) is 2.90. The minimum Gasteiger partial charge on any atom is -0.486 e. The quantitative estimate of drug-likeness (QED) is 0.575. The highest BCUT2D eigenvalue weighted by atomic mass is 32.2. The van der Waals surface area contributed by atoms with Crippen LogP contribution >= 0.6 is 0 Å². The zero-order valence-electron chi connectivity index (χ0n) is 13.0. The maximum Gasteiger partial charge on any atom is 0.312 e. The van der Waals surface area contributed by atoms with Gasteiger partial charge in [0.25, 0.3) is 0 Å². The number of primary sulfonamides is 1. The number of nitro benzene ring substituents is 1. The van der Waals surface area contributed by atoms with E-state index in [2.05, 4.69) is 4.90 Å².